The lowest BCUT2D eigenvalue weighted by Crippen LogP contribution is -2.48. The third-order valence-corrected chi connectivity index (χ3v) is 7.97. The number of morpholine rings is 1. The van der Waals surface area contributed by atoms with E-state index < -0.39 is 11.7 Å². The Balaban J connectivity index is 1.20. The molecule has 1 fully saturated rings. The number of hydrogen-bond donors (Lipinski definition) is 3. The number of rotatable bonds is 5. The normalized spacial score (nSPS) is 20.2. The van der Waals surface area contributed by atoms with Crippen molar-refractivity contribution < 1.29 is 19.1 Å². The monoisotopic (exact) mass is 517 g/mol. The van der Waals surface area contributed by atoms with Crippen LogP contribution in [0.25, 0.3) is 0 Å². The number of fused-ring (bicyclic) bond motifs is 2. The zero-order valence-corrected chi connectivity index (χ0v) is 21.4. The third kappa shape index (κ3) is 4.58. The largest absolute Gasteiger partial charge is 0.377 e. The van der Waals surface area contributed by atoms with E-state index >= 15 is 0 Å². The van der Waals surface area contributed by atoms with Crippen molar-refractivity contribution in [2.24, 2.45) is 0 Å². The summed E-state index contributed by atoms with van der Waals surface area (Å²) >= 11 is 1.46. The van der Waals surface area contributed by atoms with Crippen LogP contribution in [0.2, 0.25) is 0 Å². The van der Waals surface area contributed by atoms with E-state index in [-0.39, 0.29) is 17.5 Å². The Bertz CT molecular complexity index is 1430. The first-order valence-corrected chi connectivity index (χ1v) is 13.1. The first-order chi connectivity index (χ1) is 17.8. The van der Waals surface area contributed by atoms with Gasteiger partial charge in [0.2, 0.25) is 0 Å². The number of hydrogen-bond acceptors (Lipinski definition) is 8. The summed E-state index contributed by atoms with van der Waals surface area (Å²) in [7, 11) is 0. The molecule has 0 spiro atoms. The van der Waals surface area contributed by atoms with Crippen molar-refractivity contribution in [3.63, 3.8) is 0 Å². The quantitative estimate of drug-likeness (QED) is 0.444. The summed E-state index contributed by atoms with van der Waals surface area (Å²) in [6, 6.07) is 13.5. The zero-order valence-electron chi connectivity index (χ0n) is 20.6. The molecule has 0 saturated carbocycles. The van der Waals surface area contributed by atoms with E-state index in [1.165, 1.54) is 11.3 Å². The Hall–Kier alpha value is -3.76. The second kappa shape index (κ2) is 8.97. The average molecular weight is 518 g/mol. The molecular formula is C27H27N5O4S. The molecule has 190 valence electrons. The number of aromatic nitrogens is 1. The van der Waals surface area contributed by atoms with Crippen LogP contribution in [0.1, 0.15) is 45.1 Å². The number of amides is 2. The summed E-state index contributed by atoms with van der Waals surface area (Å²) in [4.78, 5) is 44.2. The lowest BCUT2D eigenvalue weighted by molar-refractivity contribution is -0.112. The molecule has 3 N–H and O–H groups in total. The molecule has 0 aliphatic carbocycles. The lowest BCUT2D eigenvalue weighted by Gasteiger charge is -2.35. The van der Waals surface area contributed by atoms with Crippen LogP contribution in [-0.2, 0) is 22.4 Å². The van der Waals surface area contributed by atoms with Gasteiger partial charge in [0.15, 0.2) is 5.13 Å². The van der Waals surface area contributed by atoms with Crippen molar-refractivity contribution in [2.45, 2.75) is 38.3 Å². The van der Waals surface area contributed by atoms with E-state index in [9.17, 15) is 14.4 Å². The molecule has 1 aromatic heterocycles. The van der Waals surface area contributed by atoms with Crippen molar-refractivity contribution in [1.82, 2.24) is 10.3 Å². The fourth-order valence-corrected chi connectivity index (χ4v) is 6.17. The van der Waals surface area contributed by atoms with Crippen molar-refractivity contribution in [1.29, 1.82) is 0 Å². The Morgan fingerprint density at radius 2 is 1.97 bits per heavy atom. The fraction of sp³-hybridized carbons (Fsp3) is 0.333. The summed E-state index contributed by atoms with van der Waals surface area (Å²) in [5, 5.41) is 9.85. The number of Topliss-reactive ketones (excluding diaryl/α,β-unsaturated/α-hetero) is 1. The Morgan fingerprint density at radius 3 is 2.84 bits per heavy atom. The number of carbonyl (C=O) groups excluding carboxylic acids is 3. The molecule has 1 saturated heterocycles. The van der Waals surface area contributed by atoms with Crippen LogP contribution < -0.4 is 20.9 Å². The number of ether oxygens (including phenoxy) is 1. The summed E-state index contributed by atoms with van der Waals surface area (Å²) < 4.78 is 5.82. The van der Waals surface area contributed by atoms with Crippen LogP contribution in [0, 0.1) is 0 Å². The van der Waals surface area contributed by atoms with Crippen LogP contribution >= 0.6 is 11.3 Å². The standard InChI is InChI=1S/C27H27N5O4S/c1-27(2)13-21-23(25(35)31-27)37-26(30-21)32-8-9-36-14-18(32)11-15-4-3-5-16(10-15)28-17-6-7-20-19(12-17)22(33)24(34)29-20/h3-7,10,12,18,28H,8-9,11,13-14H2,1-2H3,(H,31,35)(H,29,33,34). The van der Waals surface area contributed by atoms with Crippen molar-refractivity contribution >= 4 is 51.1 Å². The van der Waals surface area contributed by atoms with Crippen molar-refractivity contribution in [3.05, 3.63) is 64.2 Å². The summed E-state index contributed by atoms with van der Waals surface area (Å²) in [5.74, 6) is -1.17. The highest BCUT2D eigenvalue weighted by Gasteiger charge is 2.35. The molecule has 9 nitrogen and oxygen atoms in total. The van der Waals surface area contributed by atoms with Gasteiger partial charge in [-0.15, -0.1) is 0 Å². The zero-order chi connectivity index (χ0) is 25.7. The molecule has 10 heteroatoms. The van der Waals surface area contributed by atoms with E-state index in [1.807, 2.05) is 32.0 Å². The van der Waals surface area contributed by atoms with Gasteiger partial charge < -0.3 is 25.6 Å². The van der Waals surface area contributed by atoms with Gasteiger partial charge in [-0.25, -0.2) is 4.98 Å². The molecule has 3 aromatic rings. The first-order valence-electron chi connectivity index (χ1n) is 12.3. The van der Waals surface area contributed by atoms with Gasteiger partial charge in [-0.2, -0.15) is 0 Å². The second-order valence-electron chi connectivity index (χ2n) is 10.3. The van der Waals surface area contributed by atoms with E-state index in [0.717, 1.165) is 40.7 Å². The van der Waals surface area contributed by atoms with Crippen LogP contribution in [0.4, 0.5) is 22.2 Å². The van der Waals surface area contributed by atoms with Gasteiger partial charge in [-0.05, 0) is 56.2 Å². The van der Waals surface area contributed by atoms with Crippen LogP contribution in [0.3, 0.4) is 0 Å². The maximum absolute atomic E-state index is 12.6. The fourth-order valence-electron chi connectivity index (χ4n) is 5.10. The predicted octanol–water partition coefficient (Wildman–Crippen LogP) is 3.53. The summed E-state index contributed by atoms with van der Waals surface area (Å²) in [6.45, 7) is 5.95. The molecule has 0 radical (unpaired) electrons. The molecule has 1 atom stereocenters. The number of ketones is 1. The first kappa shape index (κ1) is 23.6. The maximum atomic E-state index is 12.6. The van der Waals surface area contributed by atoms with Crippen molar-refractivity contribution in [2.75, 3.05) is 35.3 Å². The molecule has 3 aliphatic heterocycles. The van der Waals surface area contributed by atoms with Gasteiger partial charge in [-0.1, -0.05) is 23.5 Å². The number of thiazole rings is 1. The topological polar surface area (TPSA) is 113 Å². The van der Waals surface area contributed by atoms with Gasteiger partial charge in [0.25, 0.3) is 17.6 Å². The Kier molecular flexibility index (Phi) is 5.73. The van der Waals surface area contributed by atoms with Gasteiger partial charge in [0.1, 0.15) is 4.88 Å². The third-order valence-electron chi connectivity index (χ3n) is 6.83. The van der Waals surface area contributed by atoms with Crippen LogP contribution in [0.5, 0.6) is 0 Å². The molecule has 4 heterocycles. The van der Waals surface area contributed by atoms with Crippen molar-refractivity contribution in [3.8, 4) is 0 Å². The minimum absolute atomic E-state index is 0.0491. The summed E-state index contributed by atoms with van der Waals surface area (Å²) in [6.07, 6.45) is 1.46. The number of carbonyl (C=O) groups is 3. The molecule has 1 unspecified atom stereocenters. The molecule has 2 aromatic carbocycles. The van der Waals surface area contributed by atoms with E-state index in [0.29, 0.717) is 35.8 Å². The summed E-state index contributed by atoms with van der Waals surface area (Å²) in [5.41, 5.74) is 4.23. The second-order valence-corrected chi connectivity index (χ2v) is 11.3. The predicted molar refractivity (Wildman–Crippen MR) is 142 cm³/mol. The van der Waals surface area contributed by atoms with Gasteiger partial charge in [-0.3, -0.25) is 14.4 Å². The van der Waals surface area contributed by atoms with E-state index in [1.54, 1.807) is 12.1 Å². The molecule has 37 heavy (non-hydrogen) atoms. The number of nitrogens with one attached hydrogen (secondary N) is 3. The highest BCUT2D eigenvalue weighted by Crippen LogP contribution is 2.34. The molecule has 2 amide bonds. The number of anilines is 4. The van der Waals surface area contributed by atoms with E-state index in [4.69, 9.17) is 9.72 Å². The SMILES string of the molecule is CC1(C)Cc2nc(N3CCOCC3Cc3cccc(Nc4ccc5c(c4)C(=O)C(=O)N5)c3)sc2C(=O)N1. The molecule has 3 aliphatic rings. The highest BCUT2D eigenvalue weighted by molar-refractivity contribution is 7.17. The number of nitrogens with zero attached hydrogens (tertiary/aromatic N) is 2. The van der Waals surface area contributed by atoms with Gasteiger partial charge in [0.05, 0.1) is 36.2 Å². The van der Waals surface area contributed by atoms with E-state index in [2.05, 4.69) is 33.0 Å². The van der Waals surface area contributed by atoms with Gasteiger partial charge >= 0.3 is 0 Å². The maximum Gasteiger partial charge on any atom is 0.296 e. The van der Waals surface area contributed by atoms with Gasteiger partial charge in [0, 0.05) is 29.9 Å². The lowest BCUT2D eigenvalue weighted by atomic mass is 9.94. The smallest absolute Gasteiger partial charge is 0.296 e. The Morgan fingerprint density at radius 1 is 1.14 bits per heavy atom. The minimum Gasteiger partial charge on any atom is -0.377 e. The minimum atomic E-state index is -0.598. The Labute approximate surface area is 218 Å². The molecule has 6 rings (SSSR count). The molecule has 0 bridgehead atoms. The number of benzene rings is 2. The highest BCUT2D eigenvalue weighted by atomic mass is 32.1. The van der Waals surface area contributed by atoms with Crippen LogP contribution in [0.15, 0.2) is 42.5 Å². The van der Waals surface area contributed by atoms with Crippen LogP contribution in [-0.4, -0.2) is 53.9 Å². The average Bonchev–Trinajstić information content (AvgIpc) is 3.40. The molecular weight excluding hydrogens is 490 g/mol.